The van der Waals surface area contributed by atoms with E-state index < -0.39 is 5.60 Å². The van der Waals surface area contributed by atoms with E-state index in [1.165, 1.54) is 4.88 Å². The van der Waals surface area contributed by atoms with Crippen LogP contribution in [-0.2, 0) is 19.1 Å². The fourth-order valence-corrected chi connectivity index (χ4v) is 2.78. The van der Waals surface area contributed by atoms with Crippen LogP contribution in [0.4, 0.5) is 0 Å². The maximum atomic E-state index is 10.5. The van der Waals surface area contributed by atoms with Crippen molar-refractivity contribution in [1.29, 1.82) is 0 Å². The summed E-state index contributed by atoms with van der Waals surface area (Å²) in [5.74, 6) is 1.01. The Balaban J connectivity index is 2.05. The molecule has 2 aromatic rings. The summed E-state index contributed by atoms with van der Waals surface area (Å²) < 4.78 is 2.00. The number of rotatable bonds is 4. The smallest absolute Gasteiger partial charge is 0.108 e. The highest BCUT2D eigenvalue weighted by molar-refractivity contribution is 7.12. The molecular weight excluding hydrogens is 232 g/mol. The highest BCUT2D eigenvalue weighted by Crippen LogP contribution is 2.31. The zero-order valence-electron chi connectivity index (χ0n) is 10.5. The lowest BCUT2D eigenvalue weighted by molar-refractivity contribution is 0.0511. The lowest BCUT2D eigenvalue weighted by atomic mass is 9.98. The first-order valence-corrected chi connectivity index (χ1v) is 6.56. The summed E-state index contributed by atoms with van der Waals surface area (Å²) in [5.41, 5.74) is -0.759. The standard InChI is InChI=1S/C13H18N2OS/c1-10-4-5-11(17-10)13(2,16)7-6-12-14-8-9-15(12)3/h4-5,8-9,16H,6-7H2,1-3H3. The molecule has 0 aromatic carbocycles. The molecule has 0 aliphatic carbocycles. The maximum absolute atomic E-state index is 10.5. The largest absolute Gasteiger partial charge is 0.385 e. The van der Waals surface area contributed by atoms with Gasteiger partial charge in [-0.15, -0.1) is 11.3 Å². The second-order valence-electron chi connectivity index (χ2n) is 4.64. The molecule has 0 spiro atoms. The number of aliphatic hydroxyl groups is 1. The van der Waals surface area contributed by atoms with Gasteiger partial charge in [-0.1, -0.05) is 0 Å². The van der Waals surface area contributed by atoms with E-state index in [1.54, 1.807) is 17.5 Å². The molecule has 0 radical (unpaired) electrons. The summed E-state index contributed by atoms with van der Waals surface area (Å²) in [6.07, 6.45) is 5.20. The topological polar surface area (TPSA) is 38.1 Å². The van der Waals surface area contributed by atoms with Gasteiger partial charge in [0.05, 0.1) is 5.60 Å². The molecule has 4 heteroatoms. The second kappa shape index (κ2) is 4.63. The Morgan fingerprint density at radius 2 is 2.24 bits per heavy atom. The van der Waals surface area contributed by atoms with Gasteiger partial charge in [0.2, 0.25) is 0 Å². The molecule has 0 saturated heterocycles. The SMILES string of the molecule is Cc1ccc(C(C)(O)CCc2nccn2C)s1. The molecule has 0 saturated carbocycles. The molecule has 1 unspecified atom stereocenters. The average molecular weight is 250 g/mol. The first kappa shape index (κ1) is 12.3. The van der Waals surface area contributed by atoms with Crippen molar-refractivity contribution in [3.63, 3.8) is 0 Å². The van der Waals surface area contributed by atoms with Crippen LogP contribution in [0.25, 0.3) is 0 Å². The van der Waals surface area contributed by atoms with Crippen molar-refractivity contribution >= 4 is 11.3 Å². The molecule has 0 amide bonds. The number of imidazole rings is 1. The number of aryl methyl sites for hydroxylation is 3. The zero-order valence-corrected chi connectivity index (χ0v) is 11.3. The number of thiophene rings is 1. The van der Waals surface area contributed by atoms with Crippen molar-refractivity contribution in [2.75, 3.05) is 0 Å². The molecule has 0 bridgehead atoms. The Kier molecular flexibility index (Phi) is 3.35. The summed E-state index contributed by atoms with van der Waals surface area (Å²) in [4.78, 5) is 6.54. The molecule has 0 aliphatic rings. The van der Waals surface area contributed by atoms with Crippen molar-refractivity contribution in [2.24, 2.45) is 7.05 Å². The molecule has 1 atom stereocenters. The van der Waals surface area contributed by atoms with Crippen molar-refractivity contribution in [1.82, 2.24) is 9.55 Å². The van der Waals surface area contributed by atoms with Gasteiger partial charge in [0, 0.05) is 35.6 Å². The van der Waals surface area contributed by atoms with Crippen LogP contribution in [-0.4, -0.2) is 14.7 Å². The highest BCUT2D eigenvalue weighted by Gasteiger charge is 2.25. The predicted molar refractivity (Wildman–Crippen MR) is 70.2 cm³/mol. The van der Waals surface area contributed by atoms with E-state index in [-0.39, 0.29) is 0 Å². The van der Waals surface area contributed by atoms with Crippen molar-refractivity contribution in [3.8, 4) is 0 Å². The Morgan fingerprint density at radius 1 is 1.47 bits per heavy atom. The Hall–Kier alpha value is -1.13. The molecule has 3 nitrogen and oxygen atoms in total. The Morgan fingerprint density at radius 3 is 2.76 bits per heavy atom. The molecule has 0 aliphatic heterocycles. The van der Waals surface area contributed by atoms with E-state index in [2.05, 4.69) is 18.0 Å². The molecule has 2 heterocycles. The van der Waals surface area contributed by atoms with Gasteiger partial charge in [0.1, 0.15) is 5.82 Å². The molecule has 0 fully saturated rings. The summed E-state index contributed by atoms with van der Waals surface area (Å²) in [5, 5.41) is 10.5. The first-order chi connectivity index (χ1) is 7.99. The van der Waals surface area contributed by atoms with Gasteiger partial charge >= 0.3 is 0 Å². The third-order valence-corrected chi connectivity index (χ3v) is 4.28. The van der Waals surface area contributed by atoms with E-state index in [0.717, 1.165) is 17.1 Å². The van der Waals surface area contributed by atoms with Crippen LogP contribution in [0.3, 0.4) is 0 Å². The van der Waals surface area contributed by atoms with Crippen LogP contribution >= 0.6 is 11.3 Å². The van der Waals surface area contributed by atoms with Gasteiger partial charge in [0.25, 0.3) is 0 Å². The molecule has 1 N–H and O–H groups in total. The number of hydrogen-bond acceptors (Lipinski definition) is 3. The van der Waals surface area contributed by atoms with E-state index >= 15 is 0 Å². The van der Waals surface area contributed by atoms with Gasteiger partial charge in [0.15, 0.2) is 0 Å². The van der Waals surface area contributed by atoms with Crippen molar-refractivity contribution in [2.45, 2.75) is 32.3 Å². The monoisotopic (exact) mass is 250 g/mol. The van der Waals surface area contributed by atoms with Gasteiger partial charge in [-0.05, 0) is 32.4 Å². The van der Waals surface area contributed by atoms with Gasteiger partial charge in [-0.3, -0.25) is 0 Å². The maximum Gasteiger partial charge on any atom is 0.108 e. The van der Waals surface area contributed by atoms with Crippen molar-refractivity contribution < 1.29 is 5.11 Å². The van der Waals surface area contributed by atoms with E-state index in [0.29, 0.717) is 6.42 Å². The van der Waals surface area contributed by atoms with Crippen LogP contribution < -0.4 is 0 Å². The van der Waals surface area contributed by atoms with Crippen LogP contribution in [0.2, 0.25) is 0 Å². The zero-order chi connectivity index (χ0) is 12.5. The summed E-state index contributed by atoms with van der Waals surface area (Å²) in [7, 11) is 1.98. The molecule has 92 valence electrons. The minimum absolute atomic E-state index is 0.692. The molecular formula is C13H18N2OS. The van der Waals surface area contributed by atoms with Gasteiger partial charge < -0.3 is 9.67 Å². The summed E-state index contributed by atoms with van der Waals surface area (Å²) >= 11 is 1.66. The predicted octanol–water partition coefficient (Wildman–Crippen LogP) is 2.63. The van der Waals surface area contributed by atoms with Crippen LogP contribution in [0.1, 0.15) is 28.9 Å². The molecule has 2 aromatic heterocycles. The number of hydrogen-bond donors (Lipinski definition) is 1. The first-order valence-electron chi connectivity index (χ1n) is 5.74. The van der Waals surface area contributed by atoms with E-state index in [1.807, 2.05) is 30.8 Å². The van der Waals surface area contributed by atoms with Crippen LogP contribution in [0.5, 0.6) is 0 Å². The quantitative estimate of drug-likeness (QED) is 0.906. The molecule has 17 heavy (non-hydrogen) atoms. The van der Waals surface area contributed by atoms with Crippen LogP contribution in [0.15, 0.2) is 24.5 Å². The Bertz CT molecular complexity index is 499. The Labute approximate surface area is 106 Å². The normalized spacial score (nSPS) is 14.8. The van der Waals surface area contributed by atoms with E-state index in [9.17, 15) is 5.11 Å². The third kappa shape index (κ3) is 2.76. The highest BCUT2D eigenvalue weighted by atomic mass is 32.1. The third-order valence-electron chi connectivity index (χ3n) is 3.03. The summed E-state index contributed by atoms with van der Waals surface area (Å²) in [6.45, 7) is 3.93. The minimum Gasteiger partial charge on any atom is -0.385 e. The van der Waals surface area contributed by atoms with Crippen molar-refractivity contribution in [3.05, 3.63) is 40.1 Å². The lowest BCUT2D eigenvalue weighted by Crippen LogP contribution is -2.21. The number of aromatic nitrogens is 2. The average Bonchev–Trinajstić information content (AvgIpc) is 2.85. The van der Waals surface area contributed by atoms with E-state index in [4.69, 9.17) is 0 Å². The lowest BCUT2D eigenvalue weighted by Gasteiger charge is -2.21. The summed E-state index contributed by atoms with van der Waals surface area (Å²) in [6, 6.07) is 4.06. The second-order valence-corrected chi connectivity index (χ2v) is 5.93. The van der Waals surface area contributed by atoms with Gasteiger partial charge in [-0.25, -0.2) is 4.98 Å². The van der Waals surface area contributed by atoms with Gasteiger partial charge in [-0.2, -0.15) is 0 Å². The minimum atomic E-state index is -0.759. The fourth-order valence-electron chi connectivity index (χ4n) is 1.84. The number of nitrogens with zero attached hydrogens (tertiary/aromatic N) is 2. The van der Waals surface area contributed by atoms with Crippen LogP contribution in [0, 0.1) is 6.92 Å². The molecule has 2 rings (SSSR count). The fraction of sp³-hybridized carbons (Fsp3) is 0.462.